The van der Waals surface area contributed by atoms with E-state index in [1.54, 1.807) is 34.0 Å². The van der Waals surface area contributed by atoms with Crippen molar-refractivity contribution in [2.45, 2.75) is 463 Å². The Morgan fingerprint density at radius 1 is 0.595 bits per heavy atom. The van der Waals surface area contributed by atoms with Gasteiger partial charge in [0.25, 0.3) is 11.7 Å². The molecule has 3 fully saturated rings. The number of hydrogen-bond donors (Lipinski definition) is 2. The molecule has 1 aromatic carbocycles. The molecule has 0 spiro atoms. The molecule has 2 bridgehead atoms. The minimum absolute atomic E-state index is 0.0285. The fourth-order valence-electron chi connectivity index (χ4n) is 19.3. The van der Waals surface area contributed by atoms with Gasteiger partial charge in [-0.3, -0.25) is 38.4 Å². The number of allylic oxidation sites excluding steroid dienone is 4. The third-order valence-electron chi connectivity index (χ3n) is 26.7. The van der Waals surface area contributed by atoms with Gasteiger partial charge in [-0.05, 0) is 152 Å². The number of fused-ring (bicyclic) bond motifs is 3. The third-order valence-corrected chi connectivity index (χ3v) is 26.7. The number of Topliss-reactive ketones (excluding diaryl/α,β-unsaturated/α-hetero) is 2. The van der Waals surface area contributed by atoms with Crippen molar-refractivity contribution < 1.29 is 101 Å². The summed E-state index contributed by atoms with van der Waals surface area (Å²) in [6.07, 6.45) is 41.8. The average Bonchev–Trinajstić information content (AvgIpc) is 0.760. The van der Waals surface area contributed by atoms with E-state index in [4.69, 9.17) is 47.4 Å². The van der Waals surface area contributed by atoms with Gasteiger partial charge in [0.2, 0.25) is 5.79 Å². The summed E-state index contributed by atoms with van der Waals surface area (Å²) in [5.41, 5.74) is 3.16. The second kappa shape index (κ2) is 61.5. The zero-order chi connectivity index (χ0) is 92.4. The molecule has 3 aliphatic heterocycles. The Hall–Kier alpha value is -6.17. The lowest BCUT2D eigenvalue weighted by Gasteiger charge is -2.47. The molecule has 1 amide bonds. The number of benzene rings is 1. The number of rotatable bonds is 56. The minimum atomic E-state index is -2.58. The van der Waals surface area contributed by atoms with Gasteiger partial charge in [-0.15, -0.1) is 6.58 Å². The lowest BCUT2D eigenvalue weighted by atomic mass is 9.78. The van der Waals surface area contributed by atoms with Crippen molar-refractivity contribution in [3.63, 3.8) is 0 Å². The molecule has 14 atom stereocenters. The highest BCUT2D eigenvalue weighted by Crippen LogP contribution is 2.43. The van der Waals surface area contributed by atoms with Gasteiger partial charge in [-0.25, -0.2) is 4.79 Å². The second-order valence-corrected chi connectivity index (χ2v) is 38.5. The van der Waals surface area contributed by atoms with Crippen molar-refractivity contribution in [2.24, 2.45) is 29.6 Å². The van der Waals surface area contributed by atoms with Crippen LogP contribution in [-0.2, 0) is 91.2 Å². The van der Waals surface area contributed by atoms with Gasteiger partial charge in [0.05, 0.1) is 30.8 Å². The molecular weight excluding hydrogens is 1600 g/mol. The molecule has 5 rings (SSSR count). The van der Waals surface area contributed by atoms with Crippen LogP contribution < -0.4 is 4.74 Å². The van der Waals surface area contributed by atoms with E-state index in [9.17, 15) is 53.4 Å². The summed E-state index contributed by atoms with van der Waals surface area (Å²) in [6, 6.07) is 2.62. The van der Waals surface area contributed by atoms with Crippen LogP contribution in [0.4, 0.5) is 0 Å². The first-order chi connectivity index (χ1) is 60.4. The Balaban J connectivity index is 1.11. The second-order valence-electron chi connectivity index (χ2n) is 38.5. The van der Waals surface area contributed by atoms with E-state index >= 15 is 0 Å². The van der Waals surface area contributed by atoms with Crippen LogP contribution in [0.15, 0.2) is 48.1 Å². The zero-order valence-electron chi connectivity index (χ0n) is 80.8. The van der Waals surface area contributed by atoms with Crippen LogP contribution in [-0.4, -0.2) is 170 Å². The molecule has 126 heavy (non-hydrogen) atoms. The molecule has 3 heterocycles. The van der Waals surface area contributed by atoms with Gasteiger partial charge in [0, 0.05) is 88.7 Å². The first kappa shape index (κ1) is 110. The monoisotopic (exact) mass is 1770 g/mol. The Kier molecular flexibility index (Phi) is 53.8. The van der Waals surface area contributed by atoms with E-state index in [-0.39, 0.29) is 93.8 Å². The highest BCUT2D eigenvalue weighted by Gasteiger charge is 2.57. The number of carbonyl (C=O) groups is 9. The van der Waals surface area contributed by atoms with Crippen molar-refractivity contribution in [3.05, 3.63) is 64.8 Å². The van der Waals surface area contributed by atoms with Gasteiger partial charge in [-0.2, -0.15) is 0 Å². The number of nitrogens with zero attached hydrogens (tertiary/aromatic N) is 1. The van der Waals surface area contributed by atoms with E-state index in [0.717, 1.165) is 99.3 Å². The number of piperidine rings is 1. The fraction of sp³-hybridized carbons (Fsp3) is 0.798. The number of amides is 1. The minimum Gasteiger partial charge on any atom is -0.462 e. The molecule has 22 nitrogen and oxygen atoms in total. The largest absolute Gasteiger partial charge is 0.462 e. The number of aliphatic hydroxyl groups excluding tert-OH is 1. The number of cyclic esters (lactones) is 1. The van der Waals surface area contributed by atoms with E-state index in [1.165, 1.54) is 148 Å². The molecule has 2 saturated heterocycles. The van der Waals surface area contributed by atoms with E-state index in [1.807, 2.05) is 65.8 Å². The Bertz CT molecular complexity index is 3410. The number of unbranched alkanes of at least 4 members (excludes halogenated alkanes) is 31. The number of esters is 6. The van der Waals surface area contributed by atoms with Gasteiger partial charge < -0.3 is 62.5 Å². The number of carbonyl (C=O) groups excluding carboxylic acids is 9. The van der Waals surface area contributed by atoms with E-state index in [0.29, 0.717) is 88.4 Å². The quantitative estimate of drug-likeness (QED) is 0.0153. The maximum Gasteiger partial charge on any atom is 0.329 e. The fourth-order valence-corrected chi connectivity index (χ4v) is 19.3. The van der Waals surface area contributed by atoms with Crippen LogP contribution in [0.1, 0.15) is 400 Å². The summed E-state index contributed by atoms with van der Waals surface area (Å²) < 4.78 is 60.3. The van der Waals surface area contributed by atoms with Gasteiger partial charge in [0.15, 0.2) is 6.10 Å². The predicted molar refractivity (Wildman–Crippen MR) is 494 cm³/mol. The first-order valence-electron chi connectivity index (χ1n) is 49.7. The molecule has 0 unspecified atom stereocenters. The first-order valence-corrected chi connectivity index (χ1v) is 49.7. The highest BCUT2D eigenvalue weighted by molar-refractivity contribution is 6.39. The molecule has 22 heteroatoms. The summed E-state index contributed by atoms with van der Waals surface area (Å²) in [6.45, 7) is 25.0. The van der Waals surface area contributed by atoms with E-state index in [2.05, 4.69) is 20.4 Å². The number of hydrogen-bond acceptors (Lipinski definition) is 21. The van der Waals surface area contributed by atoms with Crippen molar-refractivity contribution in [3.8, 4) is 5.75 Å². The van der Waals surface area contributed by atoms with Crippen LogP contribution >= 0.6 is 0 Å². The average molecular weight is 1770 g/mol. The summed E-state index contributed by atoms with van der Waals surface area (Å²) in [4.78, 5) is 127. The molecule has 0 aromatic heterocycles. The van der Waals surface area contributed by atoms with Crippen LogP contribution in [0, 0.1) is 43.4 Å². The smallest absolute Gasteiger partial charge is 0.329 e. The molecule has 0 radical (unpaired) electrons. The number of aryl methyl sites for hydroxylation is 2. The van der Waals surface area contributed by atoms with Gasteiger partial charge >= 0.3 is 35.8 Å². The molecule has 4 aliphatic rings. The normalized spacial score (nSPS) is 25.0. The Morgan fingerprint density at radius 2 is 1.08 bits per heavy atom. The molecule has 1 saturated carbocycles. The van der Waals surface area contributed by atoms with Crippen LogP contribution in [0.5, 0.6) is 5.75 Å². The lowest BCUT2D eigenvalue weighted by Crippen LogP contribution is -2.64. The van der Waals surface area contributed by atoms with Crippen LogP contribution in [0.2, 0.25) is 0 Å². The highest BCUT2D eigenvalue weighted by atomic mass is 16.7. The van der Waals surface area contributed by atoms with E-state index < -0.39 is 113 Å². The molecule has 2 N–H and O–H groups in total. The molecule has 718 valence electrons. The Morgan fingerprint density at radius 3 is 1.58 bits per heavy atom. The van der Waals surface area contributed by atoms with Gasteiger partial charge in [0.1, 0.15) is 49.1 Å². The standard InChI is InChI=1S/C104H171NO21/c1-16-19-21-23-25-27-29-31-33-35-39-43-47-55-92(108)120-72-83(73-121-93(109)56-48-44-40-36-34-32-30-28-26-24-22-20-17-2)122-94(110)57-49-45-41-37-38-42-46-50-58-95(111)124-89-65-76(6)63-77(7)97(89)103(11,12)71-96(112)123-87-60-59-81(69-88(87)117-13)67-78(8)98-80(10)85(106)70-86(107)82(53-18-3)64-74(4)62-75(5)66-90(118-14)99-91(119-15)68-79(9)104(116,126-99)100(113)101(114)105-61-52-51-54-84(105)102(115)125-98/h18,63-65,67,75,79-85,87-88,90-91,98-99,106,116H,3,16-17,19-62,66,68-73H2,1-2,4-15H3/b74-64+,78-67+/t75-,79+,80+,81-,82+,84-,85-,87+,88+,90-,91-,98+,99+,104+/m0/s1. The van der Waals surface area contributed by atoms with Gasteiger partial charge in [-0.1, -0.05) is 271 Å². The van der Waals surface area contributed by atoms with Crippen molar-refractivity contribution in [2.75, 3.05) is 41.1 Å². The number of methoxy groups -OCH3 is 3. The number of aliphatic hydroxyl groups is 2. The van der Waals surface area contributed by atoms with Crippen molar-refractivity contribution >= 4 is 53.3 Å². The molecule has 1 aromatic rings. The number of ether oxygens (including phenoxy) is 10. The Labute approximate surface area is 759 Å². The topological polar surface area (TPSA) is 290 Å². The molecule has 1 aliphatic carbocycles. The SMILES string of the molecule is C=CC[C@@H]1/C=C(\C)C[C@H](C)C[C@H](OC)[C@H]2O[C@@](O)(C(=O)C(=O)N3CCCC[C@H]3C(=O)O[C@H](/C(C)=C/[C@@H]3CC[C@@H](OC(=O)CC(C)(C)c4c(C)cc(C)cc4OC(=O)CCCCCCCCCCC(=O)OC(COC(=O)CCCCCCCCCCCCCCC)COC(=O)CCCCCCCCCCCCCCC)[C@H](OC)C3)[C@H](C)[C@@H](O)CC1=O)[C@H](C)C[C@@H]2OC. The zero-order valence-corrected chi connectivity index (χ0v) is 80.8. The summed E-state index contributed by atoms with van der Waals surface area (Å²) in [7, 11) is 4.61. The third kappa shape index (κ3) is 40.3. The van der Waals surface area contributed by atoms with Crippen molar-refractivity contribution in [1.29, 1.82) is 0 Å². The summed E-state index contributed by atoms with van der Waals surface area (Å²) in [5, 5.41) is 24.5. The maximum absolute atomic E-state index is 14.9. The predicted octanol–water partition coefficient (Wildman–Crippen LogP) is 21.9. The van der Waals surface area contributed by atoms with Crippen molar-refractivity contribution in [1.82, 2.24) is 4.90 Å². The maximum atomic E-state index is 14.9. The van der Waals surface area contributed by atoms with Crippen LogP contribution in [0.3, 0.4) is 0 Å². The lowest BCUT2D eigenvalue weighted by molar-refractivity contribution is -0.302. The molecular formula is C104H171NO21. The summed E-state index contributed by atoms with van der Waals surface area (Å²) >= 11 is 0. The summed E-state index contributed by atoms with van der Waals surface area (Å²) in [5.74, 6) is -9.98. The number of ketones is 2. The van der Waals surface area contributed by atoms with Crippen LogP contribution in [0.25, 0.3) is 0 Å².